The number of rotatable bonds is 2. The second-order valence-electron chi connectivity index (χ2n) is 4.54. The number of nitrogens with one attached hydrogen (secondary N) is 1. The highest BCUT2D eigenvalue weighted by Gasteiger charge is 2.30. The molecule has 23 heavy (non-hydrogen) atoms. The number of para-hydroxylation sites is 2. The van der Waals surface area contributed by atoms with Crippen molar-refractivity contribution < 1.29 is 22.4 Å². The minimum Gasteiger partial charge on any atom is -0.431 e. The lowest BCUT2D eigenvalue weighted by molar-refractivity contribution is -0.137. The van der Waals surface area contributed by atoms with E-state index in [1.807, 2.05) is 0 Å². The van der Waals surface area contributed by atoms with Crippen molar-refractivity contribution in [3.05, 3.63) is 54.1 Å². The summed E-state index contributed by atoms with van der Waals surface area (Å²) in [4.78, 5) is 16.0. The molecule has 0 aliphatic carbocycles. The molecule has 1 heterocycles. The summed E-state index contributed by atoms with van der Waals surface area (Å²) < 4.78 is 43.2. The molecule has 8 heteroatoms. The SMILES string of the molecule is O=C(Nc1cccc(C(F)(F)F)c1)Sc1nc2ccccc2o1. The fraction of sp³-hybridized carbons (Fsp3) is 0.0667. The Morgan fingerprint density at radius 1 is 1.13 bits per heavy atom. The number of nitrogens with zero attached hydrogens (tertiary/aromatic N) is 1. The van der Waals surface area contributed by atoms with Crippen LogP contribution in [-0.4, -0.2) is 10.2 Å². The van der Waals surface area contributed by atoms with Crippen molar-refractivity contribution in [2.75, 3.05) is 5.32 Å². The number of hydrogen-bond acceptors (Lipinski definition) is 4. The summed E-state index contributed by atoms with van der Waals surface area (Å²) in [5.41, 5.74) is 0.347. The monoisotopic (exact) mass is 338 g/mol. The molecule has 0 saturated heterocycles. The van der Waals surface area contributed by atoms with Crippen LogP contribution in [-0.2, 0) is 6.18 Å². The Kier molecular flexibility index (Phi) is 3.99. The molecular formula is C15H9F3N2O2S. The standard InChI is InChI=1S/C15H9F3N2O2S/c16-15(17,18)9-4-3-5-10(8-9)19-13(21)23-14-20-11-6-1-2-7-12(11)22-14/h1-8H,(H,19,21). The van der Waals surface area contributed by atoms with E-state index in [4.69, 9.17) is 4.42 Å². The van der Waals surface area contributed by atoms with Crippen molar-refractivity contribution in [1.29, 1.82) is 0 Å². The first-order valence-corrected chi connectivity index (χ1v) is 7.25. The number of carbonyl (C=O) groups excluding carboxylic acids is 1. The smallest absolute Gasteiger partial charge is 0.416 e. The van der Waals surface area contributed by atoms with Crippen molar-refractivity contribution in [3.8, 4) is 0 Å². The third kappa shape index (κ3) is 3.65. The first kappa shape index (κ1) is 15.4. The lowest BCUT2D eigenvalue weighted by Crippen LogP contribution is -2.08. The highest BCUT2D eigenvalue weighted by atomic mass is 32.2. The summed E-state index contributed by atoms with van der Waals surface area (Å²) in [6.07, 6.45) is -4.46. The van der Waals surface area contributed by atoms with Gasteiger partial charge in [0, 0.05) is 17.4 Å². The van der Waals surface area contributed by atoms with E-state index in [2.05, 4.69) is 10.3 Å². The zero-order valence-corrected chi connectivity index (χ0v) is 12.2. The molecule has 0 saturated carbocycles. The molecule has 3 rings (SSSR count). The Hall–Kier alpha value is -2.48. The zero-order chi connectivity index (χ0) is 16.4. The Morgan fingerprint density at radius 2 is 1.91 bits per heavy atom. The third-order valence-corrected chi connectivity index (χ3v) is 3.53. The summed E-state index contributed by atoms with van der Waals surface area (Å²) in [6, 6.07) is 11.4. The van der Waals surface area contributed by atoms with Crippen molar-refractivity contribution in [2.45, 2.75) is 11.4 Å². The lowest BCUT2D eigenvalue weighted by atomic mass is 10.2. The lowest BCUT2D eigenvalue weighted by Gasteiger charge is -2.08. The number of alkyl halides is 3. The predicted octanol–water partition coefficient (Wildman–Crippen LogP) is 5.17. The first-order valence-electron chi connectivity index (χ1n) is 6.43. The van der Waals surface area contributed by atoms with Gasteiger partial charge in [-0.2, -0.15) is 13.2 Å². The van der Waals surface area contributed by atoms with E-state index in [9.17, 15) is 18.0 Å². The molecule has 0 aliphatic rings. The average molecular weight is 338 g/mol. The molecule has 0 fully saturated rings. The Balaban J connectivity index is 1.72. The van der Waals surface area contributed by atoms with Gasteiger partial charge in [0.25, 0.3) is 10.5 Å². The zero-order valence-electron chi connectivity index (χ0n) is 11.4. The molecule has 0 radical (unpaired) electrons. The molecule has 0 atom stereocenters. The summed E-state index contributed by atoms with van der Waals surface area (Å²) in [7, 11) is 0. The van der Waals surface area contributed by atoms with Gasteiger partial charge in [-0.05, 0) is 30.3 Å². The molecular weight excluding hydrogens is 329 g/mol. The van der Waals surface area contributed by atoms with Crippen LogP contribution in [0.25, 0.3) is 11.1 Å². The molecule has 0 spiro atoms. The molecule has 0 unspecified atom stereocenters. The predicted molar refractivity (Wildman–Crippen MR) is 80.3 cm³/mol. The Morgan fingerprint density at radius 3 is 2.65 bits per heavy atom. The second-order valence-corrected chi connectivity index (χ2v) is 5.46. The number of carbonyl (C=O) groups is 1. The van der Waals surface area contributed by atoms with Crippen LogP contribution in [0.5, 0.6) is 0 Å². The molecule has 4 nitrogen and oxygen atoms in total. The van der Waals surface area contributed by atoms with Crippen LogP contribution < -0.4 is 5.32 Å². The summed E-state index contributed by atoms with van der Waals surface area (Å²) in [6.45, 7) is 0. The van der Waals surface area contributed by atoms with Crippen LogP contribution in [0.2, 0.25) is 0 Å². The average Bonchev–Trinajstić information content (AvgIpc) is 2.88. The van der Waals surface area contributed by atoms with Crippen molar-refractivity contribution in [1.82, 2.24) is 4.98 Å². The second kappa shape index (κ2) is 5.96. The number of thioether (sulfide) groups is 1. The maximum atomic E-state index is 12.6. The molecule has 1 aromatic heterocycles. The highest BCUT2D eigenvalue weighted by molar-refractivity contribution is 8.13. The molecule has 0 bridgehead atoms. The summed E-state index contributed by atoms with van der Waals surface area (Å²) in [5.74, 6) is 0. The number of benzene rings is 2. The van der Waals surface area contributed by atoms with Crippen LogP contribution in [0.4, 0.5) is 23.7 Å². The van der Waals surface area contributed by atoms with E-state index in [0.717, 1.165) is 12.1 Å². The van der Waals surface area contributed by atoms with Gasteiger partial charge >= 0.3 is 6.18 Å². The van der Waals surface area contributed by atoms with Crippen LogP contribution in [0.1, 0.15) is 5.56 Å². The van der Waals surface area contributed by atoms with Crippen molar-refractivity contribution in [2.24, 2.45) is 0 Å². The van der Waals surface area contributed by atoms with Gasteiger partial charge in [0.1, 0.15) is 5.52 Å². The van der Waals surface area contributed by atoms with Gasteiger partial charge in [-0.25, -0.2) is 4.98 Å². The topological polar surface area (TPSA) is 55.1 Å². The van der Waals surface area contributed by atoms with Crippen LogP contribution in [0, 0.1) is 0 Å². The van der Waals surface area contributed by atoms with Crippen LogP contribution in [0.15, 0.2) is 58.2 Å². The number of anilines is 1. The largest absolute Gasteiger partial charge is 0.431 e. The van der Waals surface area contributed by atoms with Crippen molar-refractivity contribution in [3.63, 3.8) is 0 Å². The minimum atomic E-state index is -4.46. The van der Waals surface area contributed by atoms with Gasteiger partial charge in [0.05, 0.1) is 5.56 Å². The van der Waals surface area contributed by atoms with E-state index < -0.39 is 17.0 Å². The Labute approximate surface area is 132 Å². The quantitative estimate of drug-likeness (QED) is 0.655. The maximum absolute atomic E-state index is 12.6. The van der Waals surface area contributed by atoms with E-state index in [1.54, 1.807) is 24.3 Å². The maximum Gasteiger partial charge on any atom is 0.416 e. The molecule has 2 aromatic carbocycles. The molecule has 0 aliphatic heterocycles. The number of oxazole rings is 1. The fourth-order valence-electron chi connectivity index (χ4n) is 1.89. The van der Waals surface area contributed by atoms with Gasteiger partial charge in [-0.3, -0.25) is 4.79 Å². The van der Waals surface area contributed by atoms with Gasteiger partial charge < -0.3 is 9.73 Å². The number of fused-ring (bicyclic) bond motifs is 1. The number of halogens is 3. The summed E-state index contributed by atoms with van der Waals surface area (Å²) in [5, 5.41) is 1.91. The van der Waals surface area contributed by atoms with Crippen LogP contribution >= 0.6 is 11.8 Å². The number of hydrogen-bond donors (Lipinski definition) is 1. The normalized spacial score (nSPS) is 11.6. The van der Waals surface area contributed by atoms with Gasteiger partial charge in [0.2, 0.25) is 0 Å². The van der Waals surface area contributed by atoms with Gasteiger partial charge in [0.15, 0.2) is 5.58 Å². The third-order valence-electron chi connectivity index (χ3n) is 2.89. The molecule has 1 N–H and O–H groups in total. The molecule has 118 valence electrons. The fourth-order valence-corrected chi connectivity index (χ4v) is 2.49. The van der Waals surface area contributed by atoms with E-state index >= 15 is 0 Å². The minimum absolute atomic E-state index is 0.0495. The molecule has 1 amide bonds. The number of aromatic nitrogens is 1. The first-order chi connectivity index (χ1) is 10.9. The Bertz CT molecular complexity index is 828. The van der Waals surface area contributed by atoms with E-state index in [0.29, 0.717) is 22.9 Å². The highest BCUT2D eigenvalue weighted by Crippen LogP contribution is 2.31. The van der Waals surface area contributed by atoms with E-state index in [1.165, 1.54) is 12.1 Å². The molecule has 3 aromatic rings. The van der Waals surface area contributed by atoms with E-state index in [-0.39, 0.29) is 10.9 Å². The van der Waals surface area contributed by atoms with Gasteiger partial charge in [-0.15, -0.1) is 0 Å². The number of amides is 1. The van der Waals surface area contributed by atoms with Crippen LogP contribution in [0.3, 0.4) is 0 Å². The van der Waals surface area contributed by atoms with Crippen molar-refractivity contribution >= 4 is 33.8 Å². The summed E-state index contributed by atoms with van der Waals surface area (Å²) >= 11 is 0.668. The van der Waals surface area contributed by atoms with Gasteiger partial charge in [-0.1, -0.05) is 18.2 Å².